The Labute approximate surface area is 145 Å². The van der Waals surface area contributed by atoms with Gasteiger partial charge in [0.25, 0.3) is 0 Å². The average molecular weight is 337 g/mol. The number of nitrogens with zero attached hydrogens (tertiary/aromatic N) is 3. The van der Waals surface area contributed by atoms with Crippen LogP contribution in [0.3, 0.4) is 0 Å². The molecule has 2 aliphatic rings. The van der Waals surface area contributed by atoms with Gasteiger partial charge in [0.2, 0.25) is 0 Å². The van der Waals surface area contributed by atoms with Gasteiger partial charge in [-0.1, -0.05) is 32.4 Å². The summed E-state index contributed by atoms with van der Waals surface area (Å²) in [5, 5.41) is 11.8. The van der Waals surface area contributed by atoms with Gasteiger partial charge in [0.15, 0.2) is 5.15 Å². The molecule has 0 bridgehead atoms. The van der Waals surface area contributed by atoms with E-state index in [0.29, 0.717) is 16.0 Å². The van der Waals surface area contributed by atoms with Gasteiger partial charge >= 0.3 is 0 Å². The summed E-state index contributed by atoms with van der Waals surface area (Å²) in [6.45, 7) is 11.8. The summed E-state index contributed by atoms with van der Waals surface area (Å²) in [4.78, 5) is 2.66. The zero-order valence-electron chi connectivity index (χ0n) is 14.6. The lowest BCUT2D eigenvalue weighted by Crippen LogP contribution is -2.37. The highest BCUT2D eigenvalue weighted by molar-refractivity contribution is 6.29. The van der Waals surface area contributed by atoms with Crippen molar-refractivity contribution in [3.8, 4) is 0 Å². The van der Waals surface area contributed by atoms with Crippen LogP contribution in [-0.2, 0) is 0 Å². The monoisotopic (exact) mass is 336 g/mol. The van der Waals surface area contributed by atoms with E-state index in [0.717, 1.165) is 18.3 Å². The molecular formula is C18H29ClN4. The van der Waals surface area contributed by atoms with Gasteiger partial charge in [-0.05, 0) is 74.2 Å². The van der Waals surface area contributed by atoms with Crippen molar-refractivity contribution in [2.45, 2.75) is 46.5 Å². The molecule has 0 aromatic carbocycles. The maximum absolute atomic E-state index is 5.76. The number of hydrogen-bond acceptors (Lipinski definition) is 4. The Balaban J connectivity index is 1.39. The minimum absolute atomic E-state index is 0.445. The first-order chi connectivity index (χ1) is 10.9. The Bertz CT molecular complexity index is 515. The first kappa shape index (κ1) is 17.0. The Kier molecular flexibility index (Phi) is 4.84. The molecule has 4 nitrogen and oxygen atoms in total. The predicted octanol–water partition coefficient (Wildman–Crippen LogP) is 4.08. The van der Waals surface area contributed by atoms with E-state index in [1.54, 1.807) is 6.07 Å². The third kappa shape index (κ3) is 4.57. The molecular weight excluding hydrogens is 308 g/mol. The van der Waals surface area contributed by atoms with Crippen LogP contribution in [0.15, 0.2) is 12.1 Å². The smallest absolute Gasteiger partial charge is 0.151 e. The Morgan fingerprint density at radius 3 is 2.61 bits per heavy atom. The van der Waals surface area contributed by atoms with Crippen LogP contribution in [0.5, 0.6) is 0 Å². The Hall–Kier alpha value is -0.870. The zero-order valence-corrected chi connectivity index (χ0v) is 15.4. The number of hydrogen-bond donors (Lipinski definition) is 1. The summed E-state index contributed by atoms with van der Waals surface area (Å²) in [6, 6.07) is 3.69. The maximum atomic E-state index is 5.76. The van der Waals surface area contributed by atoms with E-state index in [2.05, 4.69) is 41.2 Å². The van der Waals surface area contributed by atoms with Gasteiger partial charge in [-0.15, -0.1) is 10.2 Å². The number of nitrogens with one attached hydrogen (secondary N) is 1. The van der Waals surface area contributed by atoms with E-state index in [1.165, 1.54) is 45.3 Å². The molecule has 2 fully saturated rings. The third-order valence-electron chi connectivity index (χ3n) is 5.55. The van der Waals surface area contributed by atoms with Crippen molar-refractivity contribution in [2.24, 2.45) is 16.7 Å². The number of aromatic nitrogens is 2. The normalized spacial score (nSPS) is 23.9. The highest BCUT2D eigenvalue weighted by atomic mass is 35.5. The minimum atomic E-state index is 0.445. The van der Waals surface area contributed by atoms with E-state index in [9.17, 15) is 0 Å². The number of halogens is 1. The Morgan fingerprint density at radius 2 is 2.00 bits per heavy atom. The molecule has 1 saturated carbocycles. The summed E-state index contributed by atoms with van der Waals surface area (Å²) in [5.41, 5.74) is 1.05. The molecule has 23 heavy (non-hydrogen) atoms. The lowest BCUT2D eigenvalue weighted by atomic mass is 9.88. The SMILES string of the molecule is CC(C)(C)CCN1CCC2(CC1)CC2CNc1ccc(Cl)nn1. The number of anilines is 1. The summed E-state index contributed by atoms with van der Waals surface area (Å²) < 4.78 is 0. The van der Waals surface area contributed by atoms with E-state index >= 15 is 0 Å². The Morgan fingerprint density at radius 1 is 1.26 bits per heavy atom. The highest BCUT2D eigenvalue weighted by Crippen LogP contribution is 2.59. The molecule has 3 rings (SSSR count). The van der Waals surface area contributed by atoms with Gasteiger partial charge in [0.1, 0.15) is 5.82 Å². The van der Waals surface area contributed by atoms with Crippen molar-refractivity contribution in [1.82, 2.24) is 15.1 Å². The molecule has 2 heterocycles. The number of piperidine rings is 1. The van der Waals surface area contributed by atoms with Gasteiger partial charge in [0.05, 0.1) is 0 Å². The molecule has 1 saturated heterocycles. The molecule has 1 aromatic rings. The second kappa shape index (κ2) is 6.56. The van der Waals surface area contributed by atoms with Gasteiger partial charge in [0, 0.05) is 6.54 Å². The molecule has 1 aliphatic carbocycles. The van der Waals surface area contributed by atoms with Crippen LogP contribution in [0.4, 0.5) is 5.82 Å². The zero-order chi connectivity index (χ0) is 16.5. The van der Waals surface area contributed by atoms with Gasteiger partial charge in [-0.2, -0.15) is 0 Å². The standard InChI is InChI=1S/C18H29ClN4/c1-17(2,3)6-9-23-10-7-18(8-11-23)12-14(18)13-20-16-5-4-15(19)21-22-16/h4-5,14H,6-13H2,1-3H3,(H,20,22). The van der Waals surface area contributed by atoms with Crippen LogP contribution in [0, 0.1) is 16.7 Å². The van der Waals surface area contributed by atoms with Crippen LogP contribution in [0.25, 0.3) is 0 Å². The maximum Gasteiger partial charge on any atom is 0.151 e. The summed E-state index contributed by atoms with van der Waals surface area (Å²) in [6.07, 6.45) is 5.37. The van der Waals surface area contributed by atoms with Crippen LogP contribution >= 0.6 is 11.6 Å². The molecule has 0 amide bonds. The van der Waals surface area contributed by atoms with Crippen molar-refractivity contribution in [2.75, 3.05) is 31.5 Å². The molecule has 1 aromatic heterocycles. The van der Waals surface area contributed by atoms with Gasteiger partial charge in [-0.3, -0.25) is 0 Å². The van der Waals surface area contributed by atoms with Crippen LogP contribution in [0.1, 0.15) is 46.5 Å². The molecule has 1 atom stereocenters. The number of likely N-dealkylation sites (tertiary alicyclic amines) is 1. The third-order valence-corrected chi connectivity index (χ3v) is 5.75. The second-order valence-corrected chi connectivity index (χ2v) is 8.93. The molecule has 0 radical (unpaired) electrons. The van der Waals surface area contributed by atoms with E-state index < -0.39 is 0 Å². The van der Waals surface area contributed by atoms with Gasteiger partial charge < -0.3 is 10.2 Å². The van der Waals surface area contributed by atoms with E-state index in [1.807, 2.05) is 6.07 Å². The van der Waals surface area contributed by atoms with Crippen molar-refractivity contribution < 1.29 is 0 Å². The first-order valence-electron chi connectivity index (χ1n) is 8.82. The first-order valence-corrected chi connectivity index (χ1v) is 9.20. The lowest BCUT2D eigenvalue weighted by Gasteiger charge is -2.34. The second-order valence-electron chi connectivity index (χ2n) is 8.54. The molecule has 1 unspecified atom stereocenters. The van der Waals surface area contributed by atoms with Crippen molar-refractivity contribution in [3.63, 3.8) is 0 Å². The average Bonchev–Trinajstić information content (AvgIpc) is 3.18. The van der Waals surface area contributed by atoms with Gasteiger partial charge in [-0.25, -0.2) is 0 Å². The van der Waals surface area contributed by atoms with Crippen molar-refractivity contribution in [3.05, 3.63) is 17.3 Å². The largest absolute Gasteiger partial charge is 0.368 e. The summed E-state index contributed by atoms with van der Waals surface area (Å²) in [5.74, 6) is 1.63. The van der Waals surface area contributed by atoms with Crippen LogP contribution in [-0.4, -0.2) is 41.3 Å². The molecule has 1 aliphatic heterocycles. The molecule has 1 spiro atoms. The van der Waals surface area contributed by atoms with E-state index in [4.69, 9.17) is 11.6 Å². The van der Waals surface area contributed by atoms with Crippen LogP contribution < -0.4 is 5.32 Å². The van der Waals surface area contributed by atoms with Crippen molar-refractivity contribution >= 4 is 17.4 Å². The predicted molar refractivity (Wildman–Crippen MR) is 95.8 cm³/mol. The van der Waals surface area contributed by atoms with Crippen molar-refractivity contribution in [1.29, 1.82) is 0 Å². The quantitative estimate of drug-likeness (QED) is 0.879. The molecule has 1 N–H and O–H groups in total. The van der Waals surface area contributed by atoms with Crippen LogP contribution in [0.2, 0.25) is 5.15 Å². The fourth-order valence-corrected chi connectivity index (χ4v) is 3.79. The van der Waals surface area contributed by atoms with E-state index in [-0.39, 0.29) is 0 Å². The number of rotatable bonds is 5. The molecule has 128 valence electrons. The fraction of sp³-hybridized carbons (Fsp3) is 0.778. The summed E-state index contributed by atoms with van der Waals surface area (Å²) >= 11 is 5.76. The molecule has 5 heteroatoms. The topological polar surface area (TPSA) is 41.0 Å². The summed E-state index contributed by atoms with van der Waals surface area (Å²) in [7, 11) is 0. The lowest BCUT2D eigenvalue weighted by molar-refractivity contribution is 0.147. The highest BCUT2D eigenvalue weighted by Gasteiger charge is 2.54. The minimum Gasteiger partial charge on any atom is -0.368 e. The fourth-order valence-electron chi connectivity index (χ4n) is 3.69.